The van der Waals surface area contributed by atoms with Crippen LogP contribution >= 0.6 is 0 Å². The van der Waals surface area contributed by atoms with Gasteiger partial charge in [-0.05, 0) is 67.2 Å². The Kier molecular flexibility index (Phi) is 9.41. The van der Waals surface area contributed by atoms with Crippen molar-refractivity contribution in [3.05, 3.63) is 53.1 Å². The molecule has 42 heavy (non-hydrogen) atoms. The Morgan fingerprint density at radius 3 is 2.57 bits per heavy atom. The molecule has 11 heteroatoms. The number of anilines is 2. The molecule has 2 aliphatic rings. The summed E-state index contributed by atoms with van der Waals surface area (Å²) in [5.74, 6) is 0.0792. The van der Waals surface area contributed by atoms with Crippen molar-refractivity contribution in [2.24, 2.45) is 0 Å². The maximum absolute atomic E-state index is 13.2. The molecule has 2 aromatic carbocycles. The minimum Gasteiger partial charge on any atom is -0.493 e. The van der Waals surface area contributed by atoms with Crippen LogP contribution < -0.4 is 20.1 Å². The summed E-state index contributed by atoms with van der Waals surface area (Å²) in [6.45, 7) is 12.2. The zero-order valence-electron chi connectivity index (χ0n) is 24.8. The third-order valence-corrected chi connectivity index (χ3v) is 12.6. The second kappa shape index (κ2) is 12.5. The molecule has 0 saturated carbocycles. The van der Waals surface area contributed by atoms with Crippen LogP contribution in [0.5, 0.6) is 11.5 Å². The van der Waals surface area contributed by atoms with Gasteiger partial charge in [0, 0.05) is 42.3 Å². The van der Waals surface area contributed by atoms with Gasteiger partial charge >= 0.3 is 6.18 Å². The van der Waals surface area contributed by atoms with E-state index in [0.717, 1.165) is 17.7 Å². The van der Waals surface area contributed by atoms with Crippen molar-refractivity contribution in [3.8, 4) is 11.5 Å². The van der Waals surface area contributed by atoms with Crippen LogP contribution in [0, 0.1) is 0 Å². The molecule has 4 rings (SSSR count). The van der Waals surface area contributed by atoms with Gasteiger partial charge in [0.25, 0.3) is 0 Å². The number of ether oxygens (including phenoxy) is 2. The van der Waals surface area contributed by atoms with Crippen molar-refractivity contribution in [2.75, 3.05) is 30.5 Å². The van der Waals surface area contributed by atoms with E-state index >= 15 is 0 Å². The van der Waals surface area contributed by atoms with Crippen LogP contribution in [0.15, 0.2) is 36.4 Å². The second-order valence-electron chi connectivity index (χ2n) is 12.1. The predicted molar refractivity (Wildman–Crippen MR) is 159 cm³/mol. The van der Waals surface area contributed by atoms with Crippen LogP contribution in [0.25, 0.3) is 5.57 Å². The van der Waals surface area contributed by atoms with Gasteiger partial charge in [0.2, 0.25) is 11.8 Å². The molecule has 7 nitrogen and oxygen atoms in total. The molecule has 0 saturated heterocycles. The van der Waals surface area contributed by atoms with Crippen LogP contribution in [-0.2, 0) is 26.6 Å². The van der Waals surface area contributed by atoms with Crippen LogP contribution in [0.3, 0.4) is 0 Å². The zero-order chi connectivity index (χ0) is 30.7. The van der Waals surface area contributed by atoms with Gasteiger partial charge in [-0.2, -0.15) is 13.2 Å². The Hall–Kier alpha value is -3.31. The predicted octanol–water partition coefficient (Wildman–Crippen LogP) is 7.58. The summed E-state index contributed by atoms with van der Waals surface area (Å²) in [6, 6.07) is 6.78. The van der Waals surface area contributed by atoms with Crippen molar-refractivity contribution >= 4 is 37.1 Å². The fraction of sp³-hybridized carbons (Fsp3) is 0.484. The quantitative estimate of drug-likeness (QED) is 0.184. The van der Waals surface area contributed by atoms with E-state index in [2.05, 4.69) is 44.5 Å². The lowest BCUT2D eigenvalue weighted by Gasteiger charge is -2.36. The molecule has 0 spiro atoms. The summed E-state index contributed by atoms with van der Waals surface area (Å²) in [5.41, 5.74) is 2.09. The van der Waals surface area contributed by atoms with E-state index in [1.54, 1.807) is 12.1 Å². The largest absolute Gasteiger partial charge is 0.493 e. The maximum Gasteiger partial charge on any atom is 0.416 e. The van der Waals surface area contributed by atoms with E-state index < -0.39 is 26.0 Å². The molecule has 2 aliphatic heterocycles. The van der Waals surface area contributed by atoms with Crippen molar-refractivity contribution in [2.45, 2.75) is 77.2 Å². The van der Waals surface area contributed by atoms with E-state index in [9.17, 15) is 22.8 Å². The molecule has 2 N–H and O–H groups in total. The van der Waals surface area contributed by atoms with E-state index in [1.165, 1.54) is 12.1 Å². The summed E-state index contributed by atoms with van der Waals surface area (Å²) in [6.07, 6.45) is -0.661. The van der Waals surface area contributed by atoms with Crippen LogP contribution in [0.1, 0.15) is 63.1 Å². The minimum absolute atomic E-state index is 0.109. The normalized spacial score (nSPS) is 16.6. The first kappa shape index (κ1) is 31.6. The zero-order valence-corrected chi connectivity index (χ0v) is 25.8. The number of amides is 2. The number of halogens is 3. The van der Waals surface area contributed by atoms with Crippen LogP contribution in [0.2, 0.25) is 18.1 Å². The number of alkyl halides is 3. The standard InChI is InChI=1S/C31H39F3N2O5Si/c1-30(2,3)42(4,5)41-17-7-16-39-25-13-12-24(23-11-14-27(37)36-29(23)25)35-28(38)18-20-8-6-15-40-26-19-21(31(32,33)34)9-10-22(20)26/h9-10,12-13,18-19H,6-8,11,14-17H2,1-5H3,(H,35,38)(H,36,37). The fourth-order valence-corrected chi connectivity index (χ4v) is 5.71. The van der Waals surface area contributed by atoms with Crippen molar-refractivity contribution in [1.82, 2.24) is 0 Å². The first-order valence-corrected chi connectivity index (χ1v) is 17.1. The maximum atomic E-state index is 13.2. The first-order chi connectivity index (χ1) is 19.7. The van der Waals surface area contributed by atoms with Gasteiger partial charge in [0.15, 0.2) is 8.32 Å². The topological polar surface area (TPSA) is 85.9 Å². The summed E-state index contributed by atoms with van der Waals surface area (Å²) in [4.78, 5) is 25.4. The van der Waals surface area contributed by atoms with E-state index in [0.29, 0.717) is 67.2 Å². The monoisotopic (exact) mass is 604 g/mol. The lowest BCUT2D eigenvalue weighted by molar-refractivity contribution is -0.137. The third kappa shape index (κ3) is 7.55. The number of fused-ring (bicyclic) bond motifs is 2. The number of carbonyl (C=O) groups excluding carboxylic acids is 2. The lowest BCUT2D eigenvalue weighted by atomic mass is 9.98. The average Bonchev–Trinajstić information content (AvgIpc) is 3.09. The van der Waals surface area contributed by atoms with Gasteiger partial charge in [0.1, 0.15) is 11.5 Å². The summed E-state index contributed by atoms with van der Waals surface area (Å²) in [5, 5.41) is 5.90. The smallest absolute Gasteiger partial charge is 0.416 e. The third-order valence-electron chi connectivity index (χ3n) is 8.02. The van der Waals surface area contributed by atoms with Gasteiger partial charge in [-0.25, -0.2) is 0 Å². The Morgan fingerprint density at radius 2 is 1.86 bits per heavy atom. The van der Waals surface area contributed by atoms with Crippen molar-refractivity contribution in [1.29, 1.82) is 0 Å². The Morgan fingerprint density at radius 1 is 1.10 bits per heavy atom. The molecule has 0 atom stereocenters. The molecule has 2 aromatic rings. The molecule has 228 valence electrons. The molecular weight excluding hydrogens is 565 g/mol. The van der Waals surface area contributed by atoms with Crippen molar-refractivity contribution in [3.63, 3.8) is 0 Å². The SMILES string of the molecule is CC(C)(C)[Si](C)(C)OCCCOc1ccc(NC(=O)C=C2CCCOc3cc(C(F)(F)F)ccc32)c2c1NC(=O)CC2. The summed E-state index contributed by atoms with van der Waals surface area (Å²) < 4.78 is 57.4. The summed E-state index contributed by atoms with van der Waals surface area (Å²) >= 11 is 0. The highest BCUT2D eigenvalue weighted by molar-refractivity contribution is 6.74. The van der Waals surface area contributed by atoms with Gasteiger partial charge < -0.3 is 24.5 Å². The van der Waals surface area contributed by atoms with Crippen molar-refractivity contribution < 1.29 is 36.7 Å². The molecular formula is C31H39F3N2O5Si. The molecule has 0 unspecified atom stereocenters. The number of rotatable bonds is 8. The molecule has 0 aliphatic carbocycles. The molecule has 0 fully saturated rings. The Balaban J connectivity index is 1.47. The minimum atomic E-state index is -4.49. The van der Waals surface area contributed by atoms with Gasteiger partial charge in [-0.1, -0.05) is 26.8 Å². The number of hydrogen-bond donors (Lipinski definition) is 2. The summed E-state index contributed by atoms with van der Waals surface area (Å²) in [7, 11) is -1.85. The highest BCUT2D eigenvalue weighted by atomic mass is 28.4. The molecule has 0 bridgehead atoms. The second-order valence-corrected chi connectivity index (χ2v) is 17.0. The molecule has 0 aromatic heterocycles. The highest BCUT2D eigenvalue weighted by Gasteiger charge is 2.37. The van der Waals surface area contributed by atoms with E-state index in [-0.39, 0.29) is 29.7 Å². The Bertz CT molecular complexity index is 1370. The average molecular weight is 605 g/mol. The fourth-order valence-electron chi connectivity index (χ4n) is 4.63. The Labute approximate surface area is 245 Å². The van der Waals surface area contributed by atoms with Crippen LogP contribution in [-0.4, -0.2) is 40.0 Å². The molecule has 2 heterocycles. The number of benzene rings is 2. The van der Waals surface area contributed by atoms with E-state index in [1.807, 2.05) is 0 Å². The highest BCUT2D eigenvalue weighted by Crippen LogP contribution is 2.40. The van der Waals surface area contributed by atoms with E-state index in [4.69, 9.17) is 13.9 Å². The lowest BCUT2D eigenvalue weighted by Crippen LogP contribution is -2.41. The first-order valence-electron chi connectivity index (χ1n) is 14.2. The van der Waals surface area contributed by atoms with Gasteiger partial charge in [0.05, 0.1) is 24.5 Å². The van der Waals surface area contributed by atoms with Gasteiger partial charge in [-0.15, -0.1) is 0 Å². The number of hydrogen-bond acceptors (Lipinski definition) is 5. The van der Waals surface area contributed by atoms with Crippen LogP contribution in [0.4, 0.5) is 24.5 Å². The number of nitrogens with one attached hydrogen (secondary N) is 2. The number of allylic oxidation sites excluding steroid dienone is 1. The number of carbonyl (C=O) groups is 2. The van der Waals surface area contributed by atoms with Gasteiger partial charge in [-0.3, -0.25) is 9.59 Å². The molecule has 2 amide bonds. The molecule has 0 radical (unpaired) electrons.